The van der Waals surface area contributed by atoms with E-state index in [-0.39, 0.29) is 0 Å². The number of allylic oxidation sites excluding steroid dienone is 2. The van der Waals surface area contributed by atoms with E-state index >= 15 is 0 Å². The van der Waals surface area contributed by atoms with Gasteiger partial charge in [0.2, 0.25) is 0 Å². The first kappa shape index (κ1) is 22.6. The average Bonchev–Trinajstić information content (AvgIpc) is 2.60. The molecule has 0 atom stereocenters. The number of hydrogen-bond donors (Lipinski definition) is 0. The van der Waals surface area contributed by atoms with E-state index in [1.54, 1.807) is 26.4 Å². The molecule has 0 aliphatic carbocycles. The molecule has 0 heterocycles. The molecule has 0 fully saturated rings. The Morgan fingerprint density at radius 2 is 0.917 bits per heavy atom. The highest BCUT2D eigenvalue weighted by Crippen LogP contribution is 1.80. The summed E-state index contributed by atoms with van der Waals surface area (Å²) in [6.07, 6.45) is 3.36. The standard InChI is InChI=1S/C18H28O6/c1-19-11-13-23-17-15-21-9-7-5-3-4-6-8-10-22-16-18-24-14-12-20-2/h3-4H,9-18H2,1-2H3/b4-3-. The number of hydrogen-bond acceptors (Lipinski definition) is 6. The molecule has 0 aromatic heterocycles. The summed E-state index contributed by atoms with van der Waals surface area (Å²) in [6, 6.07) is 0. The van der Waals surface area contributed by atoms with E-state index in [1.807, 2.05) is 0 Å². The first-order valence-corrected chi connectivity index (χ1v) is 7.82. The van der Waals surface area contributed by atoms with Gasteiger partial charge in [0.25, 0.3) is 0 Å². The lowest BCUT2D eigenvalue weighted by Gasteiger charge is -2.02. The molecule has 0 aliphatic heterocycles. The SMILES string of the molecule is COCCOCCOCC#C/C=C\C#CCOCCOCCOC. The fourth-order valence-corrected chi connectivity index (χ4v) is 1.26. The fourth-order valence-electron chi connectivity index (χ4n) is 1.26. The summed E-state index contributed by atoms with van der Waals surface area (Å²) in [6.45, 7) is 5.23. The van der Waals surface area contributed by atoms with Crippen LogP contribution < -0.4 is 0 Å². The molecule has 6 nitrogen and oxygen atoms in total. The van der Waals surface area contributed by atoms with Crippen molar-refractivity contribution in [1.82, 2.24) is 0 Å². The maximum Gasteiger partial charge on any atom is 0.108 e. The van der Waals surface area contributed by atoms with Crippen molar-refractivity contribution in [1.29, 1.82) is 0 Å². The van der Waals surface area contributed by atoms with Gasteiger partial charge in [0.05, 0.1) is 52.9 Å². The largest absolute Gasteiger partial charge is 0.382 e. The smallest absolute Gasteiger partial charge is 0.108 e. The number of ether oxygens (including phenoxy) is 6. The fraction of sp³-hybridized carbons (Fsp3) is 0.667. The Kier molecular flexibility index (Phi) is 20.4. The minimum atomic E-state index is 0.373. The molecule has 0 radical (unpaired) electrons. The molecule has 0 bridgehead atoms. The van der Waals surface area contributed by atoms with E-state index < -0.39 is 0 Å². The molecule has 0 saturated heterocycles. The van der Waals surface area contributed by atoms with Gasteiger partial charge in [-0.1, -0.05) is 23.7 Å². The van der Waals surface area contributed by atoms with Gasteiger partial charge < -0.3 is 28.4 Å². The van der Waals surface area contributed by atoms with Gasteiger partial charge in [0.1, 0.15) is 13.2 Å². The summed E-state index contributed by atoms with van der Waals surface area (Å²) < 4.78 is 30.7. The zero-order chi connectivity index (χ0) is 17.6. The number of methoxy groups -OCH3 is 2. The van der Waals surface area contributed by atoms with Gasteiger partial charge in [-0.25, -0.2) is 0 Å². The van der Waals surface area contributed by atoms with Crippen LogP contribution in [0.5, 0.6) is 0 Å². The monoisotopic (exact) mass is 340 g/mol. The van der Waals surface area contributed by atoms with Crippen LogP contribution in [-0.2, 0) is 28.4 Å². The van der Waals surface area contributed by atoms with Crippen molar-refractivity contribution in [3.63, 3.8) is 0 Å². The van der Waals surface area contributed by atoms with Crippen molar-refractivity contribution < 1.29 is 28.4 Å². The molecule has 0 aliphatic rings. The Morgan fingerprint density at radius 3 is 1.33 bits per heavy atom. The summed E-state index contributed by atoms with van der Waals surface area (Å²) in [5, 5.41) is 0. The van der Waals surface area contributed by atoms with Crippen molar-refractivity contribution >= 4 is 0 Å². The van der Waals surface area contributed by atoms with Gasteiger partial charge in [0.15, 0.2) is 0 Å². The van der Waals surface area contributed by atoms with Gasteiger partial charge in [-0.15, -0.1) is 0 Å². The lowest BCUT2D eigenvalue weighted by Crippen LogP contribution is -2.08. The summed E-state index contributed by atoms with van der Waals surface area (Å²) in [7, 11) is 3.28. The van der Waals surface area contributed by atoms with Gasteiger partial charge in [0, 0.05) is 14.2 Å². The maximum absolute atomic E-state index is 5.27. The minimum absolute atomic E-state index is 0.373. The molecule has 136 valence electrons. The van der Waals surface area contributed by atoms with Crippen LogP contribution in [0.3, 0.4) is 0 Å². The predicted octanol–water partition coefficient (Wildman–Crippen LogP) is 0.909. The van der Waals surface area contributed by atoms with Crippen LogP contribution in [0.2, 0.25) is 0 Å². The van der Waals surface area contributed by atoms with E-state index in [9.17, 15) is 0 Å². The second-order valence-electron chi connectivity index (χ2n) is 4.29. The maximum atomic E-state index is 5.27. The average molecular weight is 340 g/mol. The first-order chi connectivity index (χ1) is 11.9. The van der Waals surface area contributed by atoms with E-state index in [1.165, 1.54) is 0 Å². The molecule has 0 amide bonds. The molecular formula is C18H28O6. The lowest BCUT2D eigenvalue weighted by atomic mass is 10.4. The second kappa shape index (κ2) is 21.6. The quantitative estimate of drug-likeness (QED) is 0.346. The third-order valence-corrected chi connectivity index (χ3v) is 2.41. The molecule has 0 unspecified atom stereocenters. The molecule has 0 N–H and O–H groups in total. The summed E-state index contributed by atoms with van der Waals surface area (Å²) in [5.74, 6) is 11.4. The molecule has 0 saturated carbocycles. The third kappa shape index (κ3) is 20.6. The zero-order valence-electron chi connectivity index (χ0n) is 14.7. The van der Waals surface area contributed by atoms with E-state index in [0.717, 1.165) is 0 Å². The minimum Gasteiger partial charge on any atom is -0.382 e. The molecule has 0 spiro atoms. The Morgan fingerprint density at radius 1 is 0.542 bits per heavy atom. The van der Waals surface area contributed by atoms with Crippen LogP contribution in [0.25, 0.3) is 0 Å². The topological polar surface area (TPSA) is 55.4 Å². The van der Waals surface area contributed by atoms with Crippen LogP contribution in [0.4, 0.5) is 0 Å². The van der Waals surface area contributed by atoms with Crippen molar-refractivity contribution in [2.75, 3.05) is 80.3 Å². The van der Waals surface area contributed by atoms with Crippen LogP contribution >= 0.6 is 0 Å². The summed E-state index contributed by atoms with van der Waals surface area (Å²) >= 11 is 0. The lowest BCUT2D eigenvalue weighted by molar-refractivity contribution is 0.0324. The molecule has 0 aromatic rings. The Labute approximate surface area is 145 Å². The normalized spacial score (nSPS) is 10.2. The van der Waals surface area contributed by atoms with Gasteiger partial charge >= 0.3 is 0 Å². The van der Waals surface area contributed by atoms with E-state index in [4.69, 9.17) is 28.4 Å². The Balaban J connectivity index is 3.34. The highest BCUT2D eigenvalue weighted by molar-refractivity contribution is 5.24. The van der Waals surface area contributed by atoms with Crippen LogP contribution in [0, 0.1) is 23.7 Å². The van der Waals surface area contributed by atoms with Crippen molar-refractivity contribution in [2.24, 2.45) is 0 Å². The van der Waals surface area contributed by atoms with Crippen LogP contribution in [0.1, 0.15) is 0 Å². The third-order valence-electron chi connectivity index (χ3n) is 2.41. The van der Waals surface area contributed by atoms with Crippen molar-refractivity contribution in [3.05, 3.63) is 12.2 Å². The van der Waals surface area contributed by atoms with Crippen LogP contribution in [0.15, 0.2) is 12.2 Å². The molecule has 6 heteroatoms. The highest BCUT2D eigenvalue weighted by Gasteiger charge is 1.88. The van der Waals surface area contributed by atoms with E-state index in [0.29, 0.717) is 66.1 Å². The van der Waals surface area contributed by atoms with Gasteiger partial charge in [-0.2, -0.15) is 0 Å². The van der Waals surface area contributed by atoms with E-state index in [2.05, 4.69) is 23.7 Å². The Hall–Kier alpha value is -1.38. The zero-order valence-corrected chi connectivity index (χ0v) is 14.7. The molecular weight excluding hydrogens is 312 g/mol. The second-order valence-corrected chi connectivity index (χ2v) is 4.29. The van der Waals surface area contributed by atoms with Crippen LogP contribution in [-0.4, -0.2) is 80.3 Å². The predicted molar refractivity (Wildman–Crippen MR) is 91.7 cm³/mol. The summed E-state index contributed by atoms with van der Waals surface area (Å²) in [5.41, 5.74) is 0. The Bertz CT molecular complexity index is 361. The van der Waals surface area contributed by atoms with Gasteiger partial charge in [-0.05, 0) is 12.2 Å². The molecule has 24 heavy (non-hydrogen) atoms. The highest BCUT2D eigenvalue weighted by atomic mass is 16.5. The van der Waals surface area contributed by atoms with Crippen molar-refractivity contribution in [2.45, 2.75) is 0 Å². The molecule has 0 aromatic carbocycles. The summed E-state index contributed by atoms with van der Waals surface area (Å²) in [4.78, 5) is 0. The van der Waals surface area contributed by atoms with Crippen molar-refractivity contribution in [3.8, 4) is 23.7 Å². The first-order valence-electron chi connectivity index (χ1n) is 7.82. The number of rotatable bonds is 14. The molecule has 0 rings (SSSR count). The van der Waals surface area contributed by atoms with Gasteiger partial charge in [-0.3, -0.25) is 0 Å².